The smallest absolute Gasteiger partial charge is 0.340 e. The molecule has 1 amide bonds. The molecular weight excluding hydrogens is 368 g/mol. The van der Waals surface area contributed by atoms with Crippen molar-refractivity contribution in [2.45, 2.75) is 37.7 Å². The maximum absolute atomic E-state index is 12.9. The molecule has 2 aromatic heterocycles. The highest BCUT2D eigenvalue weighted by molar-refractivity contribution is 6.12. The van der Waals surface area contributed by atoms with Crippen LogP contribution >= 0.6 is 0 Å². The van der Waals surface area contributed by atoms with Gasteiger partial charge >= 0.3 is 5.97 Å². The average molecular weight is 388 g/mol. The Morgan fingerprint density at radius 3 is 2.66 bits per heavy atom. The fourth-order valence-electron chi connectivity index (χ4n) is 4.27. The van der Waals surface area contributed by atoms with Crippen LogP contribution in [0.15, 0.2) is 55.0 Å². The Hall–Kier alpha value is -3.48. The summed E-state index contributed by atoms with van der Waals surface area (Å²) in [4.78, 5) is 29.8. The van der Waals surface area contributed by atoms with Crippen molar-refractivity contribution in [2.75, 3.05) is 5.32 Å². The molecule has 1 aliphatic carbocycles. The van der Waals surface area contributed by atoms with E-state index in [1.165, 1.54) is 6.20 Å². The zero-order chi connectivity index (χ0) is 19.8. The van der Waals surface area contributed by atoms with E-state index >= 15 is 0 Å². The van der Waals surface area contributed by atoms with Crippen LogP contribution in [0, 0.1) is 0 Å². The number of nitrogens with one attached hydrogen (secondary N) is 1. The molecule has 5 rings (SSSR count). The summed E-state index contributed by atoms with van der Waals surface area (Å²) >= 11 is 0. The number of nitrogens with zero attached hydrogens (tertiary/aromatic N) is 3. The van der Waals surface area contributed by atoms with Crippen molar-refractivity contribution in [3.63, 3.8) is 0 Å². The summed E-state index contributed by atoms with van der Waals surface area (Å²) in [6.45, 7) is 0. The molecule has 0 saturated heterocycles. The molecule has 0 radical (unpaired) electrons. The number of aromatic nitrogens is 3. The van der Waals surface area contributed by atoms with Crippen LogP contribution in [-0.4, -0.2) is 26.6 Å². The Bertz CT molecular complexity index is 1080. The Balaban J connectivity index is 1.43. The van der Waals surface area contributed by atoms with E-state index in [2.05, 4.69) is 15.4 Å². The molecule has 29 heavy (non-hydrogen) atoms. The summed E-state index contributed by atoms with van der Waals surface area (Å²) in [7, 11) is 0. The molecule has 7 heteroatoms. The molecule has 0 atom stereocenters. The highest BCUT2D eigenvalue weighted by Crippen LogP contribution is 2.47. The van der Waals surface area contributed by atoms with Gasteiger partial charge in [-0.25, -0.2) is 9.48 Å². The molecular formula is C22H20N4O3. The number of carbonyl (C=O) groups is 2. The van der Waals surface area contributed by atoms with Gasteiger partial charge in [-0.15, -0.1) is 0 Å². The number of amides is 1. The predicted molar refractivity (Wildman–Crippen MR) is 106 cm³/mol. The van der Waals surface area contributed by atoms with Crippen molar-refractivity contribution in [1.82, 2.24) is 14.8 Å². The number of hydrogen-bond donors (Lipinski definition) is 1. The van der Waals surface area contributed by atoms with Gasteiger partial charge in [-0.2, -0.15) is 5.10 Å². The molecule has 1 aliphatic heterocycles. The molecule has 1 fully saturated rings. The lowest BCUT2D eigenvalue weighted by Crippen LogP contribution is -2.29. The van der Waals surface area contributed by atoms with Gasteiger partial charge < -0.3 is 10.1 Å². The van der Waals surface area contributed by atoms with E-state index in [0.29, 0.717) is 11.4 Å². The van der Waals surface area contributed by atoms with Crippen LogP contribution in [-0.2, 0) is 10.3 Å². The Morgan fingerprint density at radius 2 is 1.86 bits per heavy atom. The number of rotatable bonds is 3. The summed E-state index contributed by atoms with van der Waals surface area (Å²) < 4.78 is 7.46. The first-order valence-corrected chi connectivity index (χ1v) is 9.81. The lowest BCUT2D eigenvalue weighted by molar-refractivity contribution is -0.0281. The standard InChI is InChI=1S/C22H20N4O3/c27-20(24-18-9-12-26(25-18)15-7-3-1-4-8-15)16-13-23-14-17-19(16)21(28)29-22(17)10-5-2-6-11-22/h1,3-4,7-9,12-14H,2,5-6,10-11H2,(H,24,25,27). The minimum atomic E-state index is -0.622. The van der Waals surface area contributed by atoms with Crippen LogP contribution < -0.4 is 5.32 Å². The van der Waals surface area contributed by atoms with Crippen molar-refractivity contribution < 1.29 is 14.3 Å². The first-order valence-electron chi connectivity index (χ1n) is 9.81. The number of carbonyl (C=O) groups excluding carboxylic acids is 2. The number of pyridine rings is 1. The molecule has 1 saturated carbocycles. The van der Waals surface area contributed by atoms with Crippen molar-refractivity contribution in [1.29, 1.82) is 0 Å². The normalized spacial score (nSPS) is 17.0. The van der Waals surface area contributed by atoms with Gasteiger partial charge in [-0.05, 0) is 37.8 Å². The summed E-state index contributed by atoms with van der Waals surface area (Å²) in [5.41, 5.74) is 1.57. The molecule has 1 spiro atoms. The van der Waals surface area contributed by atoms with E-state index < -0.39 is 17.5 Å². The minimum Gasteiger partial charge on any atom is -0.450 e. The van der Waals surface area contributed by atoms with E-state index in [4.69, 9.17) is 4.74 Å². The summed E-state index contributed by atoms with van der Waals surface area (Å²) in [5.74, 6) is -0.461. The molecule has 7 nitrogen and oxygen atoms in total. The van der Waals surface area contributed by atoms with Crippen LogP contribution in [0.1, 0.15) is 58.4 Å². The first kappa shape index (κ1) is 17.6. The first-order chi connectivity index (χ1) is 14.2. The Kier molecular flexibility index (Phi) is 4.16. The van der Waals surface area contributed by atoms with E-state index in [1.54, 1.807) is 23.1 Å². The number of fused-ring (bicyclic) bond motifs is 2. The quantitative estimate of drug-likeness (QED) is 0.689. The van der Waals surface area contributed by atoms with Crippen LogP contribution in [0.2, 0.25) is 0 Å². The molecule has 0 unspecified atom stereocenters. The second-order valence-electron chi connectivity index (χ2n) is 7.49. The molecule has 3 heterocycles. The van der Waals surface area contributed by atoms with E-state index in [0.717, 1.165) is 43.4 Å². The lowest BCUT2D eigenvalue weighted by Gasteiger charge is -2.32. The second kappa shape index (κ2) is 6.84. The largest absolute Gasteiger partial charge is 0.450 e. The van der Waals surface area contributed by atoms with E-state index in [1.807, 2.05) is 30.3 Å². The molecule has 1 aromatic carbocycles. The molecule has 146 valence electrons. The van der Waals surface area contributed by atoms with Crippen molar-refractivity contribution >= 4 is 17.7 Å². The Morgan fingerprint density at radius 1 is 1.07 bits per heavy atom. The van der Waals surface area contributed by atoms with E-state index in [9.17, 15) is 9.59 Å². The summed E-state index contributed by atoms with van der Waals surface area (Å²) in [6.07, 6.45) is 9.55. The maximum atomic E-state index is 12.9. The fourth-order valence-corrected chi connectivity index (χ4v) is 4.27. The van der Waals surface area contributed by atoms with Crippen LogP contribution in [0.4, 0.5) is 5.82 Å². The maximum Gasteiger partial charge on any atom is 0.340 e. The van der Waals surface area contributed by atoms with E-state index in [-0.39, 0.29) is 5.56 Å². The predicted octanol–water partition coefficient (Wildman–Crippen LogP) is 3.85. The number of hydrogen-bond acceptors (Lipinski definition) is 5. The fraction of sp³-hybridized carbons (Fsp3) is 0.273. The molecule has 0 bridgehead atoms. The van der Waals surface area contributed by atoms with Crippen LogP contribution in [0.25, 0.3) is 5.69 Å². The van der Waals surface area contributed by atoms with Crippen LogP contribution in [0.5, 0.6) is 0 Å². The van der Waals surface area contributed by atoms with Gasteiger partial charge in [0, 0.05) is 30.2 Å². The minimum absolute atomic E-state index is 0.226. The summed E-state index contributed by atoms with van der Waals surface area (Å²) in [6, 6.07) is 11.3. The third kappa shape index (κ3) is 2.99. The number of para-hydroxylation sites is 1. The van der Waals surface area contributed by atoms with Gasteiger partial charge in [0.1, 0.15) is 5.60 Å². The van der Waals surface area contributed by atoms with Crippen molar-refractivity contribution in [3.8, 4) is 5.69 Å². The van der Waals surface area contributed by atoms with Crippen molar-refractivity contribution in [2.24, 2.45) is 0 Å². The zero-order valence-corrected chi connectivity index (χ0v) is 15.8. The van der Waals surface area contributed by atoms with Gasteiger partial charge in [0.25, 0.3) is 5.91 Å². The SMILES string of the molecule is O=C(Nc1ccn(-c2ccccc2)n1)c1cncc2c1C(=O)OC21CCCCC1. The lowest BCUT2D eigenvalue weighted by atomic mass is 9.79. The Labute approximate surface area is 167 Å². The topological polar surface area (TPSA) is 86.1 Å². The van der Waals surface area contributed by atoms with Gasteiger partial charge in [-0.1, -0.05) is 24.6 Å². The van der Waals surface area contributed by atoms with Gasteiger partial charge in [-0.3, -0.25) is 9.78 Å². The number of benzene rings is 1. The molecule has 2 aliphatic rings. The van der Waals surface area contributed by atoms with Crippen molar-refractivity contribution in [3.05, 3.63) is 71.7 Å². The zero-order valence-electron chi connectivity index (χ0n) is 15.8. The highest BCUT2D eigenvalue weighted by Gasteiger charge is 2.48. The van der Waals surface area contributed by atoms with Crippen LogP contribution in [0.3, 0.4) is 0 Å². The van der Waals surface area contributed by atoms with Gasteiger partial charge in [0.2, 0.25) is 0 Å². The highest BCUT2D eigenvalue weighted by atomic mass is 16.6. The number of esters is 1. The average Bonchev–Trinajstić information content (AvgIpc) is 3.32. The van der Waals surface area contributed by atoms with Gasteiger partial charge in [0.15, 0.2) is 5.82 Å². The monoisotopic (exact) mass is 388 g/mol. The number of ether oxygens (including phenoxy) is 1. The van der Waals surface area contributed by atoms with Gasteiger partial charge in [0.05, 0.1) is 16.8 Å². The second-order valence-corrected chi connectivity index (χ2v) is 7.49. The molecule has 3 aromatic rings. The number of anilines is 1. The molecule has 1 N–H and O–H groups in total. The summed E-state index contributed by atoms with van der Waals surface area (Å²) in [5, 5.41) is 7.16. The third-order valence-corrected chi connectivity index (χ3v) is 5.69. The third-order valence-electron chi connectivity index (χ3n) is 5.69.